The van der Waals surface area contributed by atoms with Crippen LogP contribution in [0, 0.1) is 0 Å². The normalized spacial score (nSPS) is 29.5. The van der Waals surface area contributed by atoms with E-state index in [2.05, 4.69) is 10.0 Å². The van der Waals surface area contributed by atoms with Crippen molar-refractivity contribution >= 4 is 40.1 Å². The Hall–Kier alpha value is -1.97. The fraction of sp³-hybridized carbons (Fsp3) is 0.435. The van der Waals surface area contributed by atoms with E-state index in [9.17, 15) is 10.3 Å². The minimum absolute atomic E-state index is 0.0647. The van der Waals surface area contributed by atoms with Crippen molar-refractivity contribution < 1.29 is 23.7 Å². The number of nitrogens with zero attached hydrogens (tertiary/aromatic N) is 3. The van der Waals surface area contributed by atoms with Crippen molar-refractivity contribution in [2.24, 2.45) is 5.11 Å². The molecular weight excluding hydrogens is 501 g/mol. The number of hydrogen-bond donors (Lipinski definition) is 1. The highest BCUT2D eigenvalue weighted by atomic mass is 35.5. The minimum Gasteiger partial charge on any atom is -0.464 e. The van der Waals surface area contributed by atoms with E-state index in [1.54, 1.807) is 13.0 Å². The summed E-state index contributed by atoms with van der Waals surface area (Å²) in [6.45, 7) is 2.16. The highest BCUT2D eigenvalue weighted by molar-refractivity contribution is 8.17. The van der Waals surface area contributed by atoms with Gasteiger partial charge in [0.05, 0.1) is 41.5 Å². The molecule has 0 amide bonds. The Balaban J connectivity index is 1.66. The Bertz CT molecular complexity index is 1060. The molecule has 4 rings (SSSR count). The molecule has 2 unspecified atom stereocenters. The van der Waals surface area contributed by atoms with Crippen molar-refractivity contribution in [3.05, 3.63) is 74.6 Å². The van der Waals surface area contributed by atoms with E-state index in [1.165, 1.54) is 0 Å². The lowest BCUT2D eigenvalue weighted by Gasteiger charge is -2.50. The number of ether oxygens (including phenoxy) is 4. The predicted molar refractivity (Wildman–Crippen MR) is 132 cm³/mol. The van der Waals surface area contributed by atoms with Crippen LogP contribution in [0.5, 0.6) is 0 Å². The molecule has 34 heavy (non-hydrogen) atoms. The van der Waals surface area contributed by atoms with Crippen LogP contribution in [0.2, 0.25) is 10.0 Å². The Labute approximate surface area is 210 Å². The maximum Gasteiger partial charge on any atom is 0.332 e. The molecule has 182 valence electrons. The number of halogens is 2. The predicted octanol–water partition coefficient (Wildman–Crippen LogP) is 5.48. The second-order valence-electron chi connectivity index (χ2n) is 7.84. The molecule has 0 bridgehead atoms. The summed E-state index contributed by atoms with van der Waals surface area (Å²) in [5.41, 5.74) is 10.2. The summed E-state index contributed by atoms with van der Waals surface area (Å²) in [6, 6.07) is 14.5. The third-order valence-corrected chi connectivity index (χ3v) is 9.46. The summed E-state index contributed by atoms with van der Waals surface area (Å²) in [5.74, 6) is 0.0681. The first-order valence-electron chi connectivity index (χ1n) is 10.9. The number of fused-ring (bicyclic) bond motifs is 1. The van der Waals surface area contributed by atoms with Crippen molar-refractivity contribution in [3.8, 4) is 0 Å². The van der Waals surface area contributed by atoms with Crippen molar-refractivity contribution in [1.29, 1.82) is 0 Å². The first-order chi connectivity index (χ1) is 16.5. The first kappa shape index (κ1) is 25.1. The summed E-state index contributed by atoms with van der Waals surface area (Å²) in [5, 5.41) is 4.91. The van der Waals surface area contributed by atoms with Crippen LogP contribution in [0.25, 0.3) is 10.4 Å². The lowest BCUT2D eigenvalue weighted by molar-refractivity contribution is -0.226. The van der Waals surface area contributed by atoms with E-state index in [0.29, 0.717) is 22.4 Å². The number of benzene rings is 2. The molecule has 6 atom stereocenters. The Morgan fingerprint density at radius 2 is 2.03 bits per heavy atom. The van der Waals surface area contributed by atoms with E-state index in [1.807, 2.05) is 42.5 Å². The van der Waals surface area contributed by atoms with E-state index in [4.69, 9.17) is 42.1 Å². The number of carbonyl (C=O) groups is 1. The van der Waals surface area contributed by atoms with Crippen LogP contribution < -0.4 is 0 Å². The minimum atomic E-state index is -0.910. The average molecular weight is 526 g/mol. The number of thiol groups is 1. The third-order valence-electron chi connectivity index (χ3n) is 5.78. The van der Waals surface area contributed by atoms with Gasteiger partial charge in [-0.3, -0.25) is 0 Å². The molecule has 0 radical (unpaired) electrons. The van der Waals surface area contributed by atoms with Crippen molar-refractivity contribution in [2.45, 2.75) is 41.6 Å². The molecule has 2 aromatic carbocycles. The van der Waals surface area contributed by atoms with Crippen LogP contribution in [0.15, 0.2) is 58.5 Å². The molecule has 0 aliphatic carbocycles. The number of esters is 1. The molecule has 11 heteroatoms. The van der Waals surface area contributed by atoms with Gasteiger partial charge in [0.15, 0.2) is 6.29 Å². The third kappa shape index (κ3) is 5.63. The molecule has 0 spiro atoms. The van der Waals surface area contributed by atoms with Gasteiger partial charge in [-0.25, -0.2) is 15.7 Å². The summed E-state index contributed by atoms with van der Waals surface area (Å²) in [7, 11) is -0.910. The zero-order valence-electron chi connectivity index (χ0n) is 18.4. The molecule has 2 heterocycles. The topological polar surface area (TPSA) is 103 Å². The summed E-state index contributed by atoms with van der Waals surface area (Å²) < 4.78 is 23.5. The van der Waals surface area contributed by atoms with E-state index in [-0.39, 0.29) is 18.5 Å². The van der Waals surface area contributed by atoms with Crippen LogP contribution >= 0.6 is 34.1 Å². The zero-order chi connectivity index (χ0) is 24.1. The largest absolute Gasteiger partial charge is 0.464 e. The first-order valence-corrected chi connectivity index (χ1v) is 13.2. The second kappa shape index (κ2) is 11.6. The Morgan fingerprint density at radius 3 is 2.74 bits per heavy atom. The van der Waals surface area contributed by atoms with Crippen LogP contribution in [-0.2, 0) is 23.7 Å². The molecule has 2 fully saturated rings. The summed E-state index contributed by atoms with van der Waals surface area (Å²) >= 11 is 12.5. The maximum absolute atomic E-state index is 12.0. The van der Waals surface area contributed by atoms with Crippen molar-refractivity contribution in [2.75, 3.05) is 25.6 Å². The summed E-state index contributed by atoms with van der Waals surface area (Å²) in [6.07, 6.45) is -1.62. The quantitative estimate of drug-likeness (QED) is 0.169. The molecule has 0 saturated carbocycles. The monoisotopic (exact) mass is 525 g/mol. The molecule has 8 nitrogen and oxygen atoms in total. The van der Waals surface area contributed by atoms with E-state index in [0.717, 1.165) is 10.5 Å². The van der Waals surface area contributed by atoms with Crippen LogP contribution in [0.1, 0.15) is 18.8 Å². The fourth-order valence-electron chi connectivity index (χ4n) is 4.25. The van der Waals surface area contributed by atoms with Gasteiger partial charge >= 0.3 is 5.97 Å². The van der Waals surface area contributed by atoms with Gasteiger partial charge in [0.1, 0.15) is 6.61 Å². The lowest BCUT2D eigenvalue weighted by Crippen LogP contribution is -2.56. The maximum atomic E-state index is 12.0. The molecular formula is C23H25Cl2N3O5S. The van der Waals surface area contributed by atoms with Gasteiger partial charge in [0.2, 0.25) is 0 Å². The Kier molecular flexibility index (Phi) is 8.60. The van der Waals surface area contributed by atoms with Gasteiger partial charge in [-0.15, -0.1) is 0 Å². The van der Waals surface area contributed by atoms with Crippen LogP contribution in [0.4, 0.5) is 0 Å². The fourth-order valence-corrected chi connectivity index (χ4v) is 7.63. The molecule has 2 saturated heterocycles. The van der Waals surface area contributed by atoms with E-state index >= 15 is 0 Å². The number of rotatable bonds is 7. The molecule has 0 aromatic heterocycles. The standard InChI is InChI=1S/C23H25Cl2N3O5S/c1-2-30-20(29)12-31-18-13-34(15-8-9-16(24)17(25)10-15)19-11-32-23(14-6-4-3-5-7-14)33-22(19)21(18)27-28-26/h3-10,18-19,21-23,34H,2,11-13H2,1H3/t18-,19+,21-,22-,23?/m0/s1. The molecule has 0 N–H and O–H groups in total. The van der Waals surface area contributed by atoms with Gasteiger partial charge in [0, 0.05) is 21.5 Å². The zero-order valence-corrected chi connectivity index (χ0v) is 20.8. The highest BCUT2D eigenvalue weighted by Gasteiger charge is 2.48. The molecule has 2 aromatic rings. The average Bonchev–Trinajstić information content (AvgIpc) is 2.85. The van der Waals surface area contributed by atoms with Crippen molar-refractivity contribution in [3.63, 3.8) is 0 Å². The SMILES string of the molecule is CCOC(=O)CO[C@H]1C[SH](c2ccc(Cl)c(Cl)c2)[C@@H]2COC(c3ccccc3)O[C@@H]2[C@H]1N=[N+]=[N-]. The highest BCUT2D eigenvalue weighted by Crippen LogP contribution is 2.52. The number of hydrogen-bond acceptors (Lipinski definition) is 6. The van der Waals surface area contributed by atoms with Crippen LogP contribution in [0.3, 0.4) is 0 Å². The second-order valence-corrected chi connectivity index (χ2v) is 11.1. The van der Waals surface area contributed by atoms with Gasteiger partial charge in [-0.05, 0) is 35.5 Å². The van der Waals surface area contributed by atoms with Gasteiger partial charge in [-0.2, -0.15) is 0 Å². The number of carbonyl (C=O) groups excluding carboxylic acids is 1. The van der Waals surface area contributed by atoms with Gasteiger partial charge in [-0.1, -0.05) is 58.6 Å². The van der Waals surface area contributed by atoms with Crippen molar-refractivity contribution in [1.82, 2.24) is 0 Å². The lowest BCUT2D eigenvalue weighted by atomic mass is 10.0. The smallest absolute Gasteiger partial charge is 0.332 e. The summed E-state index contributed by atoms with van der Waals surface area (Å²) in [4.78, 5) is 16.0. The number of azide groups is 1. The van der Waals surface area contributed by atoms with Gasteiger partial charge in [0.25, 0.3) is 0 Å². The van der Waals surface area contributed by atoms with Gasteiger partial charge < -0.3 is 18.9 Å². The Morgan fingerprint density at radius 1 is 1.24 bits per heavy atom. The molecule has 2 aliphatic heterocycles. The van der Waals surface area contributed by atoms with E-state index < -0.39 is 41.4 Å². The van der Waals surface area contributed by atoms with Crippen LogP contribution in [-0.4, -0.2) is 55.0 Å². The molecule has 2 aliphatic rings.